The van der Waals surface area contributed by atoms with Crippen molar-refractivity contribution in [2.75, 3.05) is 13.2 Å². The highest BCUT2D eigenvalue weighted by Crippen LogP contribution is 2.36. The Balaban J connectivity index is 2.14. The summed E-state index contributed by atoms with van der Waals surface area (Å²) in [6, 6.07) is 0. The second-order valence-electron chi connectivity index (χ2n) is 12.6. The third kappa shape index (κ3) is 30.3. The molecule has 0 spiro atoms. The fourth-order valence-corrected chi connectivity index (χ4v) is 5.43. The van der Waals surface area contributed by atoms with E-state index in [1.54, 1.807) is 0 Å². The van der Waals surface area contributed by atoms with Crippen LogP contribution >= 0.6 is 7.82 Å². The maximum atomic E-state index is 12.3. The van der Waals surface area contributed by atoms with Crippen LogP contribution < -0.4 is 0 Å². The van der Waals surface area contributed by atoms with Gasteiger partial charge < -0.3 is 24.0 Å². The molecule has 9 nitrogen and oxygen atoms in total. The van der Waals surface area contributed by atoms with E-state index in [4.69, 9.17) is 24.0 Å². The van der Waals surface area contributed by atoms with E-state index in [-0.39, 0.29) is 19.4 Å². The summed E-state index contributed by atoms with van der Waals surface area (Å²) in [7, 11) is -4.77. The van der Waals surface area contributed by atoms with Crippen LogP contribution in [0.15, 0.2) is 60.8 Å². The molecular weight excluding hydrogens is 643 g/mol. The van der Waals surface area contributed by atoms with Crippen LogP contribution in [0.2, 0.25) is 0 Å². The number of rotatable bonds is 32. The van der Waals surface area contributed by atoms with E-state index in [0.29, 0.717) is 25.0 Å². The number of allylic oxidation sites excluding steroid dienone is 9. The summed E-state index contributed by atoms with van der Waals surface area (Å²) in [5, 5.41) is 0. The van der Waals surface area contributed by atoms with Gasteiger partial charge in [-0.2, -0.15) is 0 Å². The lowest BCUT2D eigenvalue weighted by atomic mass is 10.1. The molecule has 1 aliphatic rings. The molecule has 0 aromatic carbocycles. The second kappa shape index (κ2) is 30.5. The van der Waals surface area contributed by atoms with E-state index in [0.717, 1.165) is 83.5 Å². The fraction of sp³-hybridized carbons (Fsp3) is 0.692. The summed E-state index contributed by atoms with van der Waals surface area (Å²) in [4.78, 5) is 42.7. The zero-order valence-corrected chi connectivity index (χ0v) is 31.2. The van der Waals surface area contributed by atoms with Gasteiger partial charge in [0.2, 0.25) is 0 Å². The number of phosphoric acid groups is 1. The quantitative estimate of drug-likeness (QED) is 0.0230. The third-order valence-corrected chi connectivity index (χ3v) is 8.43. The Morgan fingerprint density at radius 3 is 1.92 bits per heavy atom. The summed E-state index contributed by atoms with van der Waals surface area (Å²) in [5.74, 6) is -0.963. The van der Waals surface area contributed by atoms with Crippen molar-refractivity contribution in [2.24, 2.45) is 0 Å². The van der Waals surface area contributed by atoms with E-state index < -0.39 is 32.5 Å². The van der Waals surface area contributed by atoms with E-state index in [2.05, 4.69) is 79.1 Å². The maximum Gasteiger partial charge on any atom is 0.469 e. The highest BCUT2D eigenvalue weighted by atomic mass is 31.2. The highest BCUT2D eigenvalue weighted by Gasteiger charge is 2.36. The largest absolute Gasteiger partial charge is 0.469 e. The number of hydrogen-bond acceptors (Lipinski definition) is 7. The molecule has 1 fully saturated rings. The van der Waals surface area contributed by atoms with Crippen LogP contribution in [0.25, 0.3) is 0 Å². The van der Waals surface area contributed by atoms with Gasteiger partial charge in [-0.3, -0.25) is 14.1 Å². The molecule has 0 saturated carbocycles. The average Bonchev–Trinajstić information content (AvgIpc) is 3.82. The Hall–Kier alpha value is -2.29. The molecule has 1 heterocycles. The lowest BCUT2D eigenvalue weighted by Crippen LogP contribution is -2.29. The van der Waals surface area contributed by atoms with Gasteiger partial charge in [0.1, 0.15) is 6.61 Å². The van der Waals surface area contributed by atoms with Gasteiger partial charge in [-0.1, -0.05) is 113 Å². The monoisotopic (exact) mass is 708 g/mol. The second-order valence-corrected chi connectivity index (χ2v) is 13.8. The maximum absolute atomic E-state index is 12.3. The molecule has 2 unspecified atom stereocenters. The van der Waals surface area contributed by atoms with E-state index >= 15 is 0 Å². The molecule has 0 aliphatic carbocycles. The molecule has 1 rings (SSSR count). The Morgan fingerprint density at radius 2 is 1.24 bits per heavy atom. The highest BCUT2D eigenvalue weighted by molar-refractivity contribution is 7.46. The van der Waals surface area contributed by atoms with Crippen LogP contribution in [-0.2, 0) is 32.9 Å². The minimum Gasteiger partial charge on any atom is -0.462 e. The van der Waals surface area contributed by atoms with Crippen LogP contribution in [0.4, 0.5) is 0 Å². The van der Waals surface area contributed by atoms with Crippen molar-refractivity contribution >= 4 is 19.8 Å². The van der Waals surface area contributed by atoms with Gasteiger partial charge in [-0.15, -0.1) is 0 Å². The molecule has 1 saturated heterocycles. The number of unbranched alkanes of at least 4 members (excludes halogenated alkanes) is 9. The van der Waals surface area contributed by atoms with Gasteiger partial charge in [0.15, 0.2) is 6.10 Å². The first-order chi connectivity index (χ1) is 23.7. The SMILES string of the molecule is CC/C=C\C/C=C\C/C=C\C/C=C\CCCCC(=O)O[C@H](COC(=O)CCCCCCCC1OC1C/C=C\CCCCC)COP(=O)(O)O. The zero-order valence-electron chi connectivity index (χ0n) is 30.3. The molecule has 0 bridgehead atoms. The minimum absolute atomic E-state index is 0.150. The number of esters is 2. The van der Waals surface area contributed by atoms with E-state index in [1.807, 2.05) is 0 Å². The van der Waals surface area contributed by atoms with Gasteiger partial charge in [-0.25, -0.2) is 4.57 Å². The number of hydrogen-bond donors (Lipinski definition) is 2. The molecule has 3 atom stereocenters. The first kappa shape index (κ1) is 44.7. The molecule has 2 N–H and O–H groups in total. The molecular formula is C39H65O9P. The van der Waals surface area contributed by atoms with Gasteiger partial charge in [0.25, 0.3) is 0 Å². The van der Waals surface area contributed by atoms with Crippen molar-refractivity contribution in [3.63, 3.8) is 0 Å². The summed E-state index contributed by atoms with van der Waals surface area (Å²) in [5.41, 5.74) is 0. The fourth-order valence-electron chi connectivity index (χ4n) is 5.07. The molecule has 0 aromatic rings. The van der Waals surface area contributed by atoms with Crippen LogP contribution in [0.3, 0.4) is 0 Å². The van der Waals surface area contributed by atoms with Gasteiger partial charge in [0.05, 0.1) is 18.8 Å². The van der Waals surface area contributed by atoms with Gasteiger partial charge >= 0.3 is 19.8 Å². The molecule has 0 aromatic heterocycles. The average molecular weight is 709 g/mol. The number of phosphoric ester groups is 1. The molecule has 0 amide bonds. The van der Waals surface area contributed by atoms with Crippen molar-refractivity contribution < 1.29 is 42.7 Å². The Morgan fingerprint density at radius 1 is 0.673 bits per heavy atom. The standard InChI is InChI=1S/C39H65O9P/c1-3-5-7-9-11-12-13-14-15-16-17-18-19-23-28-32-39(41)47-35(34-46-49(42,43)44)33-45-38(40)31-27-24-20-22-26-30-37-36(48-37)29-25-21-10-8-6-4-2/h5,7,11-12,14-15,17-18,21,25,35-37H,3-4,6,8-10,13,16,19-20,22-24,26-34H2,1-2H3,(H2,42,43,44)/b7-5-,12-11-,15-14-,18-17-,25-21-/t35-,36?,37?/m1/s1. The number of ether oxygens (including phenoxy) is 3. The molecule has 49 heavy (non-hydrogen) atoms. The first-order valence-electron chi connectivity index (χ1n) is 18.7. The van der Waals surface area contributed by atoms with Crippen LogP contribution in [-0.4, -0.2) is 53.3 Å². The van der Waals surface area contributed by atoms with Crippen LogP contribution in [0.1, 0.15) is 142 Å². The van der Waals surface area contributed by atoms with Crippen LogP contribution in [0.5, 0.6) is 0 Å². The molecule has 0 radical (unpaired) electrons. The van der Waals surface area contributed by atoms with E-state index in [1.165, 1.54) is 19.3 Å². The summed E-state index contributed by atoms with van der Waals surface area (Å²) < 4.78 is 32.0. The van der Waals surface area contributed by atoms with Crippen molar-refractivity contribution in [2.45, 2.75) is 161 Å². The van der Waals surface area contributed by atoms with Crippen molar-refractivity contribution in [3.8, 4) is 0 Å². The molecule has 10 heteroatoms. The lowest BCUT2D eigenvalue weighted by Gasteiger charge is -2.18. The number of epoxide rings is 1. The third-order valence-electron chi connectivity index (χ3n) is 7.94. The predicted molar refractivity (Wildman–Crippen MR) is 197 cm³/mol. The smallest absolute Gasteiger partial charge is 0.462 e. The number of carbonyl (C=O) groups excluding carboxylic acids is 2. The van der Waals surface area contributed by atoms with Crippen molar-refractivity contribution in [3.05, 3.63) is 60.8 Å². The number of carbonyl (C=O) groups is 2. The van der Waals surface area contributed by atoms with Gasteiger partial charge in [-0.05, 0) is 77.0 Å². The lowest BCUT2D eigenvalue weighted by molar-refractivity contribution is -0.161. The zero-order chi connectivity index (χ0) is 35.8. The van der Waals surface area contributed by atoms with Crippen molar-refractivity contribution in [1.82, 2.24) is 0 Å². The van der Waals surface area contributed by atoms with E-state index in [9.17, 15) is 14.2 Å². The summed E-state index contributed by atoms with van der Waals surface area (Å²) in [6.07, 6.45) is 39.6. The normalized spacial score (nSPS) is 17.3. The Labute approximate surface area is 296 Å². The minimum atomic E-state index is -4.77. The topological polar surface area (TPSA) is 132 Å². The Bertz CT molecular complexity index is 1040. The molecule has 1 aliphatic heterocycles. The Kier molecular flexibility index (Phi) is 27.9. The van der Waals surface area contributed by atoms with Crippen molar-refractivity contribution in [1.29, 1.82) is 0 Å². The molecule has 280 valence electrons. The van der Waals surface area contributed by atoms with Crippen LogP contribution in [0, 0.1) is 0 Å². The summed E-state index contributed by atoms with van der Waals surface area (Å²) in [6.45, 7) is 3.46. The first-order valence-corrected chi connectivity index (χ1v) is 20.2. The van der Waals surface area contributed by atoms with Gasteiger partial charge in [0, 0.05) is 12.8 Å². The summed E-state index contributed by atoms with van der Waals surface area (Å²) >= 11 is 0. The predicted octanol–water partition coefficient (Wildman–Crippen LogP) is 9.94.